The number of fused-ring (bicyclic) bond motifs is 1. The van der Waals surface area contributed by atoms with Crippen molar-refractivity contribution in [2.24, 2.45) is 0 Å². The van der Waals surface area contributed by atoms with Gasteiger partial charge in [0.15, 0.2) is 0 Å². The molecule has 2 heterocycles. The van der Waals surface area contributed by atoms with Crippen LogP contribution in [-0.4, -0.2) is 44.8 Å². The van der Waals surface area contributed by atoms with Crippen LogP contribution < -0.4 is 14.8 Å². The highest BCUT2D eigenvalue weighted by atomic mass is 16.5. The third-order valence-corrected chi connectivity index (χ3v) is 4.30. The molecule has 1 N–H and O–H groups in total. The standard InChI is InChI=1S/C15H22N2O2/c1-17(2)13-9-15(6-7-16-10-15)19-14-5-4-11(18-3)8-12(13)14/h4-5,8,13,16H,6-7,9-10H2,1-3H3. The Morgan fingerprint density at radius 3 is 2.89 bits per heavy atom. The summed E-state index contributed by atoms with van der Waals surface area (Å²) in [6.07, 6.45) is 2.12. The van der Waals surface area contributed by atoms with Crippen molar-refractivity contribution in [2.75, 3.05) is 34.3 Å². The average Bonchev–Trinajstić information content (AvgIpc) is 2.85. The van der Waals surface area contributed by atoms with Gasteiger partial charge in [-0.2, -0.15) is 0 Å². The van der Waals surface area contributed by atoms with Crippen LogP contribution in [0.15, 0.2) is 18.2 Å². The summed E-state index contributed by atoms with van der Waals surface area (Å²) in [7, 11) is 5.98. The number of nitrogens with one attached hydrogen (secondary N) is 1. The van der Waals surface area contributed by atoms with Crippen LogP contribution in [0.3, 0.4) is 0 Å². The first-order valence-corrected chi connectivity index (χ1v) is 6.88. The monoisotopic (exact) mass is 262 g/mol. The van der Waals surface area contributed by atoms with Gasteiger partial charge in [-0.05, 0) is 38.8 Å². The van der Waals surface area contributed by atoms with Gasteiger partial charge in [0, 0.05) is 31.0 Å². The first-order valence-electron chi connectivity index (χ1n) is 6.88. The molecule has 4 heteroatoms. The van der Waals surface area contributed by atoms with E-state index in [-0.39, 0.29) is 5.60 Å². The van der Waals surface area contributed by atoms with Crippen LogP contribution in [0.1, 0.15) is 24.4 Å². The lowest BCUT2D eigenvalue weighted by molar-refractivity contribution is 0.0287. The van der Waals surface area contributed by atoms with E-state index in [2.05, 4.69) is 30.4 Å². The summed E-state index contributed by atoms with van der Waals surface area (Å²) >= 11 is 0. The van der Waals surface area contributed by atoms with E-state index >= 15 is 0 Å². The molecule has 0 bridgehead atoms. The molecule has 1 aromatic carbocycles. The maximum Gasteiger partial charge on any atom is 0.125 e. The fourth-order valence-electron chi connectivity index (χ4n) is 3.19. The zero-order chi connectivity index (χ0) is 13.5. The summed E-state index contributed by atoms with van der Waals surface area (Å²) < 4.78 is 11.7. The molecule has 3 rings (SSSR count). The number of hydrogen-bond acceptors (Lipinski definition) is 4. The van der Waals surface area contributed by atoms with Gasteiger partial charge in [-0.15, -0.1) is 0 Å². The number of benzene rings is 1. The molecule has 2 aliphatic heterocycles. The van der Waals surface area contributed by atoms with E-state index in [4.69, 9.17) is 9.47 Å². The summed E-state index contributed by atoms with van der Waals surface area (Å²) in [5.41, 5.74) is 1.21. The zero-order valence-corrected chi connectivity index (χ0v) is 11.9. The predicted octanol–water partition coefficient (Wildman–Crippen LogP) is 1.81. The summed E-state index contributed by atoms with van der Waals surface area (Å²) in [6, 6.07) is 6.52. The van der Waals surface area contributed by atoms with Crippen LogP contribution in [0.25, 0.3) is 0 Å². The summed E-state index contributed by atoms with van der Waals surface area (Å²) in [5, 5.41) is 3.43. The molecule has 0 amide bonds. The van der Waals surface area contributed by atoms with Gasteiger partial charge in [0.2, 0.25) is 0 Å². The minimum Gasteiger partial charge on any atom is -0.497 e. The van der Waals surface area contributed by atoms with Crippen molar-refractivity contribution in [1.82, 2.24) is 10.2 Å². The van der Waals surface area contributed by atoms with Crippen molar-refractivity contribution in [3.8, 4) is 11.5 Å². The molecule has 1 spiro atoms. The molecule has 2 atom stereocenters. The highest BCUT2D eigenvalue weighted by molar-refractivity contribution is 5.44. The third-order valence-electron chi connectivity index (χ3n) is 4.30. The number of nitrogens with zero attached hydrogens (tertiary/aromatic N) is 1. The molecule has 104 valence electrons. The van der Waals surface area contributed by atoms with E-state index in [1.165, 1.54) is 5.56 Å². The first kappa shape index (κ1) is 12.8. The van der Waals surface area contributed by atoms with E-state index in [1.807, 2.05) is 12.1 Å². The molecule has 1 saturated heterocycles. The van der Waals surface area contributed by atoms with Gasteiger partial charge < -0.3 is 19.7 Å². The van der Waals surface area contributed by atoms with Gasteiger partial charge in [-0.1, -0.05) is 0 Å². The van der Waals surface area contributed by atoms with Crippen molar-refractivity contribution in [3.63, 3.8) is 0 Å². The van der Waals surface area contributed by atoms with Crippen LogP contribution in [0.2, 0.25) is 0 Å². The highest BCUT2D eigenvalue weighted by Crippen LogP contribution is 2.45. The molecule has 19 heavy (non-hydrogen) atoms. The minimum absolute atomic E-state index is 0.0312. The fraction of sp³-hybridized carbons (Fsp3) is 0.600. The molecule has 0 saturated carbocycles. The van der Waals surface area contributed by atoms with E-state index in [0.29, 0.717) is 6.04 Å². The maximum absolute atomic E-state index is 6.32. The normalized spacial score (nSPS) is 29.4. The largest absolute Gasteiger partial charge is 0.497 e. The van der Waals surface area contributed by atoms with Crippen LogP contribution >= 0.6 is 0 Å². The SMILES string of the molecule is COc1ccc2c(c1)C(N(C)C)CC1(CCNC1)O2. The molecular formula is C15H22N2O2. The second-order valence-electron chi connectivity index (χ2n) is 5.80. The fourth-order valence-corrected chi connectivity index (χ4v) is 3.19. The van der Waals surface area contributed by atoms with Gasteiger partial charge in [0.25, 0.3) is 0 Å². The van der Waals surface area contributed by atoms with Crippen molar-refractivity contribution in [2.45, 2.75) is 24.5 Å². The second-order valence-corrected chi connectivity index (χ2v) is 5.80. The van der Waals surface area contributed by atoms with Crippen LogP contribution in [0, 0.1) is 0 Å². The Labute approximate surface area is 114 Å². The molecule has 4 nitrogen and oxygen atoms in total. The van der Waals surface area contributed by atoms with Crippen molar-refractivity contribution >= 4 is 0 Å². The van der Waals surface area contributed by atoms with E-state index in [1.54, 1.807) is 7.11 Å². The Kier molecular flexibility index (Phi) is 3.15. The number of hydrogen-bond donors (Lipinski definition) is 1. The van der Waals surface area contributed by atoms with Crippen LogP contribution in [0.4, 0.5) is 0 Å². The first-order chi connectivity index (χ1) is 9.13. The highest BCUT2D eigenvalue weighted by Gasteiger charge is 2.43. The lowest BCUT2D eigenvalue weighted by atomic mass is 9.86. The molecule has 0 aliphatic carbocycles. The molecule has 1 fully saturated rings. The van der Waals surface area contributed by atoms with Gasteiger partial charge >= 0.3 is 0 Å². The molecular weight excluding hydrogens is 240 g/mol. The molecule has 2 unspecified atom stereocenters. The summed E-state index contributed by atoms with van der Waals surface area (Å²) in [6.45, 7) is 1.99. The third kappa shape index (κ3) is 2.19. The molecule has 1 aromatic rings. The van der Waals surface area contributed by atoms with Crippen LogP contribution in [0.5, 0.6) is 11.5 Å². The zero-order valence-electron chi connectivity index (χ0n) is 11.9. The number of ether oxygens (including phenoxy) is 2. The van der Waals surface area contributed by atoms with Gasteiger partial charge in [0.1, 0.15) is 17.1 Å². The lowest BCUT2D eigenvalue weighted by Gasteiger charge is -2.42. The summed E-state index contributed by atoms with van der Waals surface area (Å²) in [4.78, 5) is 2.28. The van der Waals surface area contributed by atoms with Gasteiger partial charge in [-0.3, -0.25) is 0 Å². The van der Waals surface area contributed by atoms with Gasteiger partial charge in [-0.25, -0.2) is 0 Å². The smallest absolute Gasteiger partial charge is 0.125 e. The van der Waals surface area contributed by atoms with E-state index in [9.17, 15) is 0 Å². The Morgan fingerprint density at radius 1 is 1.42 bits per heavy atom. The van der Waals surface area contributed by atoms with Crippen molar-refractivity contribution < 1.29 is 9.47 Å². The topological polar surface area (TPSA) is 33.7 Å². The Balaban J connectivity index is 2.01. The maximum atomic E-state index is 6.32. The lowest BCUT2D eigenvalue weighted by Crippen LogP contribution is -2.45. The average molecular weight is 262 g/mol. The van der Waals surface area contributed by atoms with Gasteiger partial charge in [0.05, 0.1) is 7.11 Å². The Hall–Kier alpha value is -1.26. The van der Waals surface area contributed by atoms with Crippen LogP contribution in [-0.2, 0) is 0 Å². The molecule has 0 aromatic heterocycles. The minimum atomic E-state index is -0.0312. The predicted molar refractivity (Wildman–Crippen MR) is 74.9 cm³/mol. The number of methoxy groups -OCH3 is 1. The second kappa shape index (κ2) is 4.69. The van der Waals surface area contributed by atoms with E-state index < -0.39 is 0 Å². The quantitative estimate of drug-likeness (QED) is 0.881. The Bertz CT molecular complexity index is 467. The Morgan fingerprint density at radius 2 is 2.26 bits per heavy atom. The molecule has 2 aliphatic rings. The molecule has 0 radical (unpaired) electrons. The van der Waals surface area contributed by atoms with Crippen molar-refractivity contribution in [1.29, 1.82) is 0 Å². The van der Waals surface area contributed by atoms with Crippen molar-refractivity contribution in [3.05, 3.63) is 23.8 Å². The van der Waals surface area contributed by atoms with E-state index in [0.717, 1.165) is 37.4 Å². The number of rotatable bonds is 2. The summed E-state index contributed by atoms with van der Waals surface area (Å²) in [5.74, 6) is 1.91.